The van der Waals surface area contributed by atoms with Crippen LogP contribution in [0.15, 0.2) is 53.5 Å². The molecule has 8 heteroatoms. The number of nitrogens with zero attached hydrogens (tertiary/aromatic N) is 3. The van der Waals surface area contributed by atoms with Crippen molar-refractivity contribution in [2.75, 3.05) is 13.1 Å². The number of non-ortho nitro benzene ring substituents is 1. The third-order valence-corrected chi connectivity index (χ3v) is 4.97. The van der Waals surface area contributed by atoms with Crippen LogP contribution >= 0.6 is 11.8 Å². The summed E-state index contributed by atoms with van der Waals surface area (Å²) in [6.45, 7) is 1.08. The molecule has 134 valence electrons. The number of carbonyl (C=O) groups is 1. The summed E-state index contributed by atoms with van der Waals surface area (Å²) in [6.07, 6.45) is 0.161. The summed E-state index contributed by atoms with van der Waals surface area (Å²) >= 11 is 1.44. The molecule has 0 saturated carbocycles. The van der Waals surface area contributed by atoms with Crippen LogP contribution in [-0.2, 0) is 17.0 Å². The van der Waals surface area contributed by atoms with E-state index in [9.17, 15) is 19.3 Å². The van der Waals surface area contributed by atoms with Crippen molar-refractivity contribution in [3.05, 3.63) is 75.6 Å². The number of carbonyl (C=O) groups excluding carboxylic acids is 1. The standard InChI is InChI=1S/C18H16FN3O3S/c19-15-5-1-14(2-6-15)12-26-18-20-9-10-21(18)17(23)11-13-3-7-16(8-4-13)22(24)25/h1-8H,9-12H2. The molecule has 2 aromatic rings. The minimum absolute atomic E-state index is 0.000485. The van der Waals surface area contributed by atoms with Gasteiger partial charge in [0, 0.05) is 24.4 Å². The molecule has 0 aliphatic carbocycles. The summed E-state index contributed by atoms with van der Waals surface area (Å²) in [5, 5.41) is 11.3. The lowest BCUT2D eigenvalue weighted by atomic mass is 10.1. The number of amidine groups is 1. The smallest absolute Gasteiger partial charge is 0.269 e. The average molecular weight is 373 g/mol. The summed E-state index contributed by atoms with van der Waals surface area (Å²) < 4.78 is 13.0. The molecular formula is C18H16FN3O3S. The SMILES string of the molecule is O=C(Cc1ccc([N+](=O)[O-])cc1)N1CCN=C1SCc1ccc(F)cc1. The first-order valence-electron chi connectivity index (χ1n) is 7.98. The lowest BCUT2D eigenvalue weighted by Gasteiger charge is -2.18. The lowest BCUT2D eigenvalue weighted by Crippen LogP contribution is -2.34. The van der Waals surface area contributed by atoms with Gasteiger partial charge in [0.25, 0.3) is 5.69 Å². The maximum absolute atomic E-state index is 13.0. The zero-order chi connectivity index (χ0) is 18.5. The Bertz CT molecular complexity index is 838. The quantitative estimate of drug-likeness (QED) is 0.595. The number of thioether (sulfide) groups is 1. The first-order valence-corrected chi connectivity index (χ1v) is 8.97. The summed E-state index contributed by atoms with van der Waals surface area (Å²) in [6, 6.07) is 12.2. The van der Waals surface area contributed by atoms with Gasteiger partial charge in [-0.3, -0.25) is 24.8 Å². The second-order valence-electron chi connectivity index (χ2n) is 5.73. The Balaban J connectivity index is 1.58. The van der Waals surface area contributed by atoms with Gasteiger partial charge in [-0.15, -0.1) is 0 Å². The van der Waals surface area contributed by atoms with E-state index in [2.05, 4.69) is 4.99 Å². The number of nitro benzene ring substituents is 1. The Morgan fingerprint density at radius 3 is 2.46 bits per heavy atom. The van der Waals surface area contributed by atoms with E-state index in [0.29, 0.717) is 24.0 Å². The highest BCUT2D eigenvalue weighted by Gasteiger charge is 2.24. The van der Waals surface area contributed by atoms with Crippen LogP contribution in [0.4, 0.5) is 10.1 Å². The van der Waals surface area contributed by atoms with Crippen LogP contribution in [0.25, 0.3) is 0 Å². The first-order chi connectivity index (χ1) is 12.5. The molecule has 0 spiro atoms. The fourth-order valence-electron chi connectivity index (χ4n) is 2.52. The highest BCUT2D eigenvalue weighted by Crippen LogP contribution is 2.21. The van der Waals surface area contributed by atoms with E-state index in [4.69, 9.17) is 0 Å². The lowest BCUT2D eigenvalue weighted by molar-refractivity contribution is -0.384. The Kier molecular flexibility index (Phi) is 5.62. The van der Waals surface area contributed by atoms with Crippen LogP contribution in [0.5, 0.6) is 0 Å². The van der Waals surface area contributed by atoms with Gasteiger partial charge in [-0.2, -0.15) is 0 Å². The Labute approximate surface area is 153 Å². The van der Waals surface area contributed by atoms with Crippen LogP contribution in [0.2, 0.25) is 0 Å². The van der Waals surface area contributed by atoms with Crippen LogP contribution in [0, 0.1) is 15.9 Å². The predicted octanol–water partition coefficient (Wildman–Crippen LogP) is 3.41. The molecule has 3 rings (SSSR count). The number of amides is 1. The van der Waals surface area contributed by atoms with Crippen molar-refractivity contribution in [2.24, 2.45) is 4.99 Å². The zero-order valence-corrected chi connectivity index (χ0v) is 14.6. The molecule has 0 radical (unpaired) electrons. The first kappa shape index (κ1) is 18.1. The molecule has 2 aromatic carbocycles. The summed E-state index contributed by atoms with van der Waals surface area (Å²) in [5.41, 5.74) is 1.67. The molecule has 1 aliphatic rings. The highest BCUT2D eigenvalue weighted by atomic mass is 32.2. The Hall–Kier alpha value is -2.74. The number of aliphatic imine (C=N–C) groups is 1. The second kappa shape index (κ2) is 8.09. The number of rotatable bonds is 5. The largest absolute Gasteiger partial charge is 0.289 e. The van der Waals surface area contributed by atoms with Crippen molar-refractivity contribution < 1.29 is 14.1 Å². The van der Waals surface area contributed by atoms with Crippen molar-refractivity contribution in [3.8, 4) is 0 Å². The van der Waals surface area contributed by atoms with Crippen LogP contribution in [-0.4, -0.2) is 34.0 Å². The van der Waals surface area contributed by atoms with Gasteiger partial charge in [-0.25, -0.2) is 4.39 Å². The molecule has 6 nitrogen and oxygen atoms in total. The maximum atomic E-state index is 13.0. The predicted molar refractivity (Wildman–Crippen MR) is 98.5 cm³/mol. The molecule has 0 saturated heterocycles. The van der Waals surface area contributed by atoms with Gasteiger partial charge in [0.2, 0.25) is 5.91 Å². The number of benzene rings is 2. The van der Waals surface area contributed by atoms with E-state index >= 15 is 0 Å². The van der Waals surface area contributed by atoms with Gasteiger partial charge < -0.3 is 0 Å². The van der Waals surface area contributed by atoms with Gasteiger partial charge in [0.15, 0.2) is 5.17 Å². The molecule has 0 N–H and O–H groups in total. The van der Waals surface area contributed by atoms with Crippen molar-refractivity contribution in [1.82, 2.24) is 4.90 Å². The normalized spacial score (nSPS) is 13.6. The average Bonchev–Trinajstić information content (AvgIpc) is 3.10. The van der Waals surface area contributed by atoms with E-state index in [-0.39, 0.29) is 23.8 Å². The Morgan fingerprint density at radius 1 is 1.15 bits per heavy atom. The fraction of sp³-hybridized carbons (Fsp3) is 0.222. The minimum atomic E-state index is -0.469. The van der Waals surface area contributed by atoms with Gasteiger partial charge in [-0.05, 0) is 23.3 Å². The second-order valence-corrected chi connectivity index (χ2v) is 6.67. The van der Waals surface area contributed by atoms with Crippen molar-refractivity contribution >= 4 is 28.5 Å². The monoisotopic (exact) mass is 373 g/mol. The van der Waals surface area contributed by atoms with E-state index in [0.717, 1.165) is 11.1 Å². The van der Waals surface area contributed by atoms with Crippen molar-refractivity contribution in [3.63, 3.8) is 0 Å². The summed E-state index contributed by atoms with van der Waals surface area (Å²) in [7, 11) is 0. The van der Waals surface area contributed by atoms with Gasteiger partial charge >= 0.3 is 0 Å². The molecule has 0 aromatic heterocycles. The van der Waals surface area contributed by atoms with E-state index < -0.39 is 4.92 Å². The number of halogens is 1. The Morgan fingerprint density at radius 2 is 1.81 bits per heavy atom. The van der Waals surface area contributed by atoms with Gasteiger partial charge in [0.1, 0.15) is 5.82 Å². The zero-order valence-electron chi connectivity index (χ0n) is 13.8. The van der Waals surface area contributed by atoms with Crippen molar-refractivity contribution in [1.29, 1.82) is 0 Å². The molecule has 0 fully saturated rings. The number of hydrogen-bond donors (Lipinski definition) is 0. The van der Waals surface area contributed by atoms with Gasteiger partial charge in [0.05, 0.1) is 17.9 Å². The molecule has 1 amide bonds. The third-order valence-electron chi connectivity index (χ3n) is 3.89. The van der Waals surface area contributed by atoms with E-state index in [1.165, 1.54) is 36.0 Å². The summed E-state index contributed by atoms with van der Waals surface area (Å²) in [4.78, 5) is 28.8. The molecule has 0 atom stereocenters. The minimum Gasteiger partial charge on any atom is -0.289 e. The summed E-state index contributed by atoms with van der Waals surface area (Å²) in [5.74, 6) is 0.221. The molecule has 26 heavy (non-hydrogen) atoms. The third kappa shape index (κ3) is 4.45. The van der Waals surface area contributed by atoms with Crippen LogP contribution in [0.1, 0.15) is 11.1 Å². The van der Waals surface area contributed by atoms with Crippen LogP contribution < -0.4 is 0 Å². The van der Waals surface area contributed by atoms with E-state index in [1.54, 1.807) is 29.2 Å². The number of nitro groups is 1. The maximum Gasteiger partial charge on any atom is 0.269 e. The van der Waals surface area contributed by atoms with Crippen LogP contribution in [0.3, 0.4) is 0 Å². The van der Waals surface area contributed by atoms with Gasteiger partial charge in [-0.1, -0.05) is 36.0 Å². The molecular weight excluding hydrogens is 357 g/mol. The molecule has 0 bridgehead atoms. The molecule has 1 aliphatic heterocycles. The molecule has 1 heterocycles. The number of hydrogen-bond acceptors (Lipinski definition) is 5. The van der Waals surface area contributed by atoms with E-state index in [1.807, 2.05) is 0 Å². The van der Waals surface area contributed by atoms with Crippen molar-refractivity contribution in [2.45, 2.75) is 12.2 Å². The highest BCUT2D eigenvalue weighted by molar-refractivity contribution is 8.13. The topological polar surface area (TPSA) is 75.8 Å². The molecule has 0 unspecified atom stereocenters. The fourth-order valence-corrected chi connectivity index (χ4v) is 3.54.